The Balaban J connectivity index is 2.32. The van der Waals surface area contributed by atoms with Crippen molar-refractivity contribution in [3.05, 3.63) is 52.0 Å². The van der Waals surface area contributed by atoms with Gasteiger partial charge in [-0.3, -0.25) is 0 Å². The molecule has 2 N–H and O–H groups in total. The minimum absolute atomic E-state index is 0.0541. The molecular weight excluding hydrogens is 308 g/mol. The van der Waals surface area contributed by atoms with Crippen LogP contribution in [-0.2, 0) is 6.61 Å². The maximum Gasteiger partial charge on any atom is 0.148 e. The number of benzene rings is 2. The van der Waals surface area contributed by atoms with E-state index in [1.54, 1.807) is 12.1 Å². The van der Waals surface area contributed by atoms with Gasteiger partial charge in [-0.05, 0) is 31.2 Å². The molecule has 2 aromatic rings. The molecule has 0 saturated carbocycles. The van der Waals surface area contributed by atoms with Gasteiger partial charge in [0.05, 0.1) is 12.3 Å². The highest BCUT2D eigenvalue weighted by Gasteiger charge is 2.08. The lowest BCUT2D eigenvalue weighted by molar-refractivity contribution is 0.275. The van der Waals surface area contributed by atoms with Gasteiger partial charge in [0, 0.05) is 10.0 Å². The maximum absolute atomic E-state index is 9.90. The lowest BCUT2D eigenvalue weighted by atomic mass is 10.2. The lowest BCUT2D eigenvalue weighted by Crippen LogP contribution is -1.84. The van der Waals surface area contributed by atoms with Gasteiger partial charge in [0.2, 0.25) is 0 Å². The zero-order valence-corrected chi connectivity index (χ0v) is 11.9. The second-order valence-electron chi connectivity index (χ2n) is 4.13. The fourth-order valence-electron chi connectivity index (χ4n) is 1.56. The molecule has 0 fully saturated rings. The van der Waals surface area contributed by atoms with Gasteiger partial charge in [0.1, 0.15) is 11.4 Å². The van der Waals surface area contributed by atoms with Gasteiger partial charge < -0.3 is 10.2 Å². The molecule has 0 aliphatic carbocycles. The minimum atomic E-state index is -0.252. The number of aliphatic hydroxyl groups excluding tert-OH is 1. The number of hydrogen-bond acceptors (Lipinski definition) is 4. The first-order valence-electron chi connectivity index (χ1n) is 5.71. The highest BCUT2D eigenvalue weighted by molar-refractivity contribution is 9.10. The van der Waals surface area contributed by atoms with E-state index in [0.717, 1.165) is 10.0 Å². The van der Waals surface area contributed by atoms with E-state index in [1.807, 2.05) is 31.2 Å². The summed E-state index contributed by atoms with van der Waals surface area (Å²) in [6.45, 7) is 1.74. The van der Waals surface area contributed by atoms with E-state index in [0.29, 0.717) is 16.9 Å². The summed E-state index contributed by atoms with van der Waals surface area (Å²) in [5.41, 5.74) is 2.58. The Morgan fingerprint density at radius 1 is 1.11 bits per heavy atom. The van der Waals surface area contributed by atoms with Gasteiger partial charge in [-0.25, -0.2) is 0 Å². The number of halogens is 1. The Morgan fingerprint density at radius 2 is 1.79 bits per heavy atom. The van der Waals surface area contributed by atoms with Crippen LogP contribution in [0.5, 0.6) is 5.75 Å². The summed E-state index contributed by atoms with van der Waals surface area (Å²) < 4.78 is 0.729. The molecule has 0 radical (unpaired) electrons. The average Bonchev–Trinajstić information content (AvgIpc) is 2.41. The third-order valence-corrected chi connectivity index (χ3v) is 3.07. The van der Waals surface area contributed by atoms with E-state index in [-0.39, 0.29) is 12.4 Å². The van der Waals surface area contributed by atoms with Crippen LogP contribution < -0.4 is 0 Å². The lowest BCUT2D eigenvalue weighted by Gasteiger charge is -2.04. The minimum Gasteiger partial charge on any atom is -0.505 e. The van der Waals surface area contributed by atoms with E-state index >= 15 is 0 Å². The van der Waals surface area contributed by atoms with E-state index in [4.69, 9.17) is 5.11 Å². The summed E-state index contributed by atoms with van der Waals surface area (Å²) in [5, 5.41) is 27.1. The van der Waals surface area contributed by atoms with Crippen LogP contribution in [0.3, 0.4) is 0 Å². The molecule has 0 aromatic heterocycles. The Hall–Kier alpha value is -1.72. The van der Waals surface area contributed by atoms with Crippen LogP contribution in [-0.4, -0.2) is 10.2 Å². The van der Waals surface area contributed by atoms with Crippen molar-refractivity contribution in [1.29, 1.82) is 0 Å². The SMILES string of the molecule is Cc1ccc(/N=N/c2cc(Br)cc(CO)c2O)cc1. The molecule has 5 heteroatoms. The Labute approximate surface area is 119 Å². The van der Waals surface area contributed by atoms with Gasteiger partial charge in [0.15, 0.2) is 0 Å². The normalized spacial score (nSPS) is 11.1. The summed E-state index contributed by atoms with van der Waals surface area (Å²) in [4.78, 5) is 0. The Morgan fingerprint density at radius 3 is 2.42 bits per heavy atom. The van der Waals surface area contributed by atoms with Crippen molar-refractivity contribution in [2.75, 3.05) is 0 Å². The van der Waals surface area contributed by atoms with Crippen LogP contribution in [0, 0.1) is 6.92 Å². The largest absolute Gasteiger partial charge is 0.505 e. The van der Waals surface area contributed by atoms with Gasteiger partial charge in [0.25, 0.3) is 0 Å². The third kappa shape index (κ3) is 3.39. The standard InChI is InChI=1S/C14H13BrN2O2/c1-9-2-4-12(5-3-9)16-17-13-7-11(15)6-10(8-18)14(13)19/h2-7,18-19H,8H2,1H3/b17-16+. The van der Waals surface area contributed by atoms with Crippen molar-refractivity contribution < 1.29 is 10.2 Å². The predicted molar refractivity (Wildman–Crippen MR) is 77.1 cm³/mol. The first-order chi connectivity index (χ1) is 9.10. The summed E-state index contributed by atoms with van der Waals surface area (Å²) in [5.74, 6) is -0.0541. The molecule has 0 aliphatic rings. The second kappa shape index (κ2) is 5.95. The fourth-order valence-corrected chi connectivity index (χ4v) is 2.05. The molecule has 0 atom stereocenters. The van der Waals surface area contributed by atoms with Crippen molar-refractivity contribution in [2.24, 2.45) is 10.2 Å². The zero-order valence-electron chi connectivity index (χ0n) is 10.3. The molecule has 0 saturated heterocycles. The smallest absolute Gasteiger partial charge is 0.148 e. The van der Waals surface area contributed by atoms with Crippen molar-refractivity contribution in [2.45, 2.75) is 13.5 Å². The van der Waals surface area contributed by atoms with Crippen LogP contribution in [0.25, 0.3) is 0 Å². The van der Waals surface area contributed by atoms with Crippen LogP contribution in [0.2, 0.25) is 0 Å². The Kier molecular flexibility index (Phi) is 4.29. The van der Waals surface area contributed by atoms with Crippen molar-refractivity contribution >= 4 is 27.3 Å². The summed E-state index contributed by atoms with van der Waals surface area (Å²) >= 11 is 3.30. The molecule has 0 spiro atoms. The highest BCUT2D eigenvalue weighted by Crippen LogP contribution is 2.35. The number of aromatic hydroxyl groups is 1. The van der Waals surface area contributed by atoms with E-state index < -0.39 is 0 Å². The van der Waals surface area contributed by atoms with Crippen LogP contribution >= 0.6 is 15.9 Å². The first-order valence-corrected chi connectivity index (χ1v) is 6.50. The first kappa shape index (κ1) is 13.7. The number of hydrogen-bond donors (Lipinski definition) is 2. The molecule has 0 heterocycles. The van der Waals surface area contributed by atoms with Crippen LogP contribution in [0.4, 0.5) is 11.4 Å². The van der Waals surface area contributed by atoms with Gasteiger partial charge in [-0.15, -0.1) is 5.11 Å². The molecule has 0 bridgehead atoms. The quantitative estimate of drug-likeness (QED) is 0.824. The number of phenols is 1. The van der Waals surface area contributed by atoms with Gasteiger partial charge >= 0.3 is 0 Å². The van der Waals surface area contributed by atoms with Crippen LogP contribution in [0.1, 0.15) is 11.1 Å². The van der Waals surface area contributed by atoms with E-state index in [1.165, 1.54) is 0 Å². The molecule has 4 nitrogen and oxygen atoms in total. The maximum atomic E-state index is 9.90. The van der Waals surface area contributed by atoms with Gasteiger partial charge in [-0.2, -0.15) is 5.11 Å². The number of rotatable bonds is 3. The average molecular weight is 321 g/mol. The van der Waals surface area contributed by atoms with Crippen molar-refractivity contribution in [3.8, 4) is 5.75 Å². The Bertz CT molecular complexity index is 610. The predicted octanol–water partition coefficient (Wildman–Crippen LogP) is 4.37. The molecule has 0 unspecified atom stereocenters. The van der Waals surface area contributed by atoms with E-state index in [2.05, 4.69) is 26.2 Å². The van der Waals surface area contributed by atoms with Crippen molar-refractivity contribution in [3.63, 3.8) is 0 Å². The number of aliphatic hydroxyl groups is 1. The summed E-state index contributed by atoms with van der Waals surface area (Å²) in [6.07, 6.45) is 0. The van der Waals surface area contributed by atoms with Gasteiger partial charge in [-0.1, -0.05) is 33.6 Å². The van der Waals surface area contributed by atoms with Crippen LogP contribution in [0.15, 0.2) is 51.1 Å². The topological polar surface area (TPSA) is 65.2 Å². The number of aryl methyl sites for hydroxylation is 1. The molecule has 2 aromatic carbocycles. The summed E-state index contributed by atoms with van der Waals surface area (Å²) in [6, 6.07) is 10.9. The molecule has 2 rings (SSSR count). The third-order valence-electron chi connectivity index (χ3n) is 2.61. The zero-order chi connectivity index (χ0) is 13.8. The fraction of sp³-hybridized carbons (Fsp3) is 0.143. The van der Waals surface area contributed by atoms with Crippen molar-refractivity contribution in [1.82, 2.24) is 0 Å². The summed E-state index contributed by atoms with van der Waals surface area (Å²) in [7, 11) is 0. The number of nitrogens with zero attached hydrogens (tertiary/aromatic N) is 2. The molecule has 98 valence electrons. The molecule has 0 amide bonds. The number of azo groups is 1. The molecule has 19 heavy (non-hydrogen) atoms. The molecular formula is C14H13BrN2O2. The molecule has 0 aliphatic heterocycles. The monoisotopic (exact) mass is 320 g/mol. The second-order valence-corrected chi connectivity index (χ2v) is 5.04. The van der Waals surface area contributed by atoms with E-state index in [9.17, 15) is 5.11 Å². The highest BCUT2D eigenvalue weighted by atomic mass is 79.9.